The van der Waals surface area contributed by atoms with Gasteiger partial charge in [0, 0.05) is 75.3 Å². The fourth-order valence-electron chi connectivity index (χ4n) is 12.2. The first kappa shape index (κ1) is 45.7. The minimum Gasteiger partial charge on any atom is -0.492 e. The molecule has 8 atom stereocenters. The lowest BCUT2D eigenvalue weighted by molar-refractivity contribution is -0.167. The molecule has 0 aromatic heterocycles. The second kappa shape index (κ2) is 19.0. The SMILES string of the molecule is CCOC(=O)C1=C(C=O)C2=C3CC(CO)C(=O)C(C3)c3cc4c(cc3CCC(CO)COc3c5c(c(CO)c(c32)O1)OC(C1(O)CC(CO)CC2CN(CCCOC)CCC21)C5)=NCC=4. The number of carbonyl (C=O) groups excluding carboxylic acids is 3. The molecule has 2 saturated carbocycles. The second-order valence-corrected chi connectivity index (χ2v) is 19.0. The molecule has 350 valence electrons. The maximum atomic E-state index is 14.5. The Morgan fingerprint density at radius 3 is 2.62 bits per heavy atom. The lowest BCUT2D eigenvalue weighted by atomic mass is 9.60. The molecule has 15 nitrogen and oxygen atoms in total. The summed E-state index contributed by atoms with van der Waals surface area (Å²) in [6.07, 6.45) is 5.70. The number of aldehydes is 1. The quantitative estimate of drug-likeness (QED) is 0.117. The molecule has 0 radical (unpaired) electrons. The van der Waals surface area contributed by atoms with Crippen molar-refractivity contribution in [3.63, 3.8) is 0 Å². The minimum absolute atomic E-state index is 0.0167. The second-order valence-electron chi connectivity index (χ2n) is 19.0. The number of aliphatic hydroxyl groups is 5. The largest absolute Gasteiger partial charge is 0.492 e. The van der Waals surface area contributed by atoms with Crippen LogP contribution in [0.3, 0.4) is 0 Å². The van der Waals surface area contributed by atoms with Crippen LogP contribution in [0.25, 0.3) is 11.6 Å². The highest BCUT2D eigenvalue weighted by Gasteiger charge is 2.57. The Labute approximate surface area is 378 Å². The van der Waals surface area contributed by atoms with Gasteiger partial charge >= 0.3 is 5.97 Å². The third-order valence-corrected chi connectivity index (χ3v) is 15.3. The predicted octanol–water partition coefficient (Wildman–Crippen LogP) is 1.85. The van der Waals surface area contributed by atoms with Crippen molar-refractivity contribution in [2.75, 3.05) is 72.9 Å². The fourth-order valence-corrected chi connectivity index (χ4v) is 12.2. The molecule has 2 aromatic rings. The lowest BCUT2D eigenvalue weighted by Crippen LogP contribution is -2.61. The zero-order chi connectivity index (χ0) is 45.6. The van der Waals surface area contributed by atoms with Gasteiger partial charge in [0.05, 0.1) is 55.0 Å². The Bertz CT molecular complexity index is 2410. The van der Waals surface area contributed by atoms with Gasteiger partial charge in [0.2, 0.25) is 5.76 Å². The van der Waals surface area contributed by atoms with Crippen molar-refractivity contribution in [1.29, 1.82) is 0 Å². The zero-order valence-electron chi connectivity index (χ0n) is 37.4. The summed E-state index contributed by atoms with van der Waals surface area (Å²) in [7, 11) is 1.69. The third kappa shape index (κ3) is 8.14. The van der Waals surface area contributed by atoms with Crippen molar-refractivity contribution in [2.24, 2.45) is 34.6 Å². The van der Waals surface area contributed by atoms with E-state index in [1.807, 2.05) is 18.2 Å². The van der Waals surface area contributed by atoms with E-state index in [2.05, 4.69) is 9.89 Å². The topological polar surface area (TPSA) is 214 Å². The van der Waals surface area contributed by atoms with E-state index in [4.69, 9.17) is 23.7 Å². The number of benzene rings is 2. The average Bonchev–Trinajstić information content (AvgIpc) is 3.98. The van der Waals surface area contributed by atoms with Gasteiger partial charge in [-0.1, -0.05) is 11.6 Å². The maximum absolute atomic E-state index is 14.5. The van der Waals surface area contributed by atoms with Crippen LogP contribution in [0.1, 0.15) is 85.6 Å². The van der Waals surface area contributed by atoms with Gasteiger partial charge in [0.1, 0.15) is 34.7 Å². The molecular weight excluding hydrogens is 837 g/mol. The zero-order valence-corrected chi connectivity index (χ0v) is 37.4. The number of allylic oxidation sites excluding steroid dienone is 3. The molecule has 65 heavy (non-hydrogen) atoms. The van der Waals surface area contributed by atoms with Crippen LogP contribution in [0.4, 0.5) is 0 Å². The first-order valence-corrected chi connectivity index (χ1v) is 23.5. The molecule has 7 aliphatic rings. The normalized spacial score (nSPS) is 29.5. The number of aliphatic hydroxyl groups excluding tert-OH is 4. The van der Waals surface area contributed by atoms with Crippen molar-refractivity contribution in [1.82, 2.24) is 4.90 Å². The van der Waals surface area contributed by atoms with Gasteiger partial charge in [0.15, 0.2) is 6.29 Å². The minimum atomic E-state index is -1.39. The van der Waals surface area contributed by atoms with Gasteiger partial charge in [-0.15, -0.1) is 0 Å². The standard InChI is InChI=1S/C50H62N2O13/c1-3-62-49(59)48-37(24-56)42-31-14-33(23-55)44(58)35(16-31)34-15-30-7-9-51-40(30)17-29(34)6-5-27(21-53)26-63-46-36-18-41(64-45(36)38(25-57)47(65-48)43(42)46)50(60)19-28(22-54)13-32-20-52(10-4-12-61-2)11-8-39(32)50/h7,15,17,24,27-28,32-33,35,39,41,53-55,57,60H,3-6,8-14,16,18-23,25-26H2,1-2H3. The molecule has 8 unspecified atom stereocenters. The van der Waals surface area contributed by atoms with E-state index in [0.29, 0.717) is 56.3 Å². The van der Waals surface area contributed by atoms with Crippen molar-refractivity contribution in [3.05, 3.63) is 67.4 Å². The number of rotatable bonds is 12. The highest BCUT2D eigenvalue weighted by atomic mass is 16.6. The molecule has 1 saturated heterocycles. The van der Waals surface area contributed by atoms with E-state index in [1.54, 1.807) is 14.0 Å². The van der Waals surface area contributed by atoms with E-state index in [9.17, 15) is 39.9 Å². The number of ether oxygens (including phenoxy) is 5. The lowest BCUT2D eigenvalue weighted by Gasteiger charge is -2.53. The van der Waals surface area contributed by atoms with Gasteiger partial charge in [0.25, 0.3) is 0 Å². The van der Waals surface area contributed by atoms with Crippen LogP contribution in [-0.2, 0) is 43.3 Å². The molecule has 2 aromatic carbocycles. The van der Waals surface area contributed by atoms with Crippen LogP contribution in [0.15, 0.2) is 34.0 Å². The van der Waals surface area contributed by atoms with Crippen molar-refractivity contribution < 1.29 is 63.6 Å². The number of methoxy groups -OCH3 is 1. The number of piperidine rings is 1. The van der Waals surface area contributed by atoms with Crippen molar-refractivity contribution >= 4 is 29.7 Å². The first-order valence-electron chi connectivity index (χ1n) is 23.5. The van der Waals surface area contributed by atoms with Crippen LogP contribution in [0, 0.1) is 29.6 Å². The molecule has 5 N–H and O–H groups in total. The first-order chi connectivity index (χ1) is 31.6. The Hall–Kier alpha value is -4.48. The molecule has 9 rings (SSSR count). The smallest absolute Gasteiger partial charge is 0.375 e. The van der Waals surface area contributed by atoms with E-state index in [0.717, 1.165) is 54.2 Å². The average molecular weight is 899 g/mol. The summed E-state index contributed by atoms with van der Waals surface area (Å²) in [5.41, 5.74) is 2.07. The summed E-state index contributed by atoms with van der Waals surface area (Å²) < 4.78 is 31.1. The molecule has 3 fully saturated rings. The van der Waals surface area contributed by atoms with Gasteiger partial charge in [-0.25, -0.2) is 4.79 Å². The summed E-state index contributed by atoms with van der Waals surface area (Å²) in [5, 5.41) is 58.6. The molecule has 5 aliphatic heterocycles. The molecule has 15 heteroatoms. The summed E-state index contributed by atoms with van der Waals surface area (Å²) in [5.74, 6) is -3.18. The fraction of sp³-hybridized carbons (Fsp3) is 0.600. The van der Waals surface area contributed by atoms with Crippen molar-refractivity contribution in [3.8, 4) is 17.2 Å². The molecule has 0 amide bonds. The maximum Gasteiger partial charge on any atom is 0.375 e. The summed E-state index contributed by atoms with van der Waals surface area (Å²) in [4.78, 5) is 49.0. The highest BCUT2D eigenvalue weighted by Crippen LogP contribution is 2.59. The molecule has 0 spiro atoms. The van der Waals surface area contributed by atoms with E-state index < -0.39 is 54.4 Å². The van der Waals surface area contributed by atoms with Crippen LogP contribution in [-0.4, -0.2) is 133 Å². The van der Waals surface area contributed by atoms with Crippen LogP contribution in [0.2, 0.25) is 0 Å². The van der Waals surface area contributed by atoms with E-state index >= 15 is 0 Å². The Kier molecular flexibility index (Phi) is 13.4. The number of esters is 1. The number of fused-ring (bicyclic) bond motifs is 8. The number of aryl methyl sites for hydroxylation is 1. The Morgan fingerprint density at radius 2 is 1.88 bits per heavy atom. The van der Waals surface area contributed by atoms with Crippen LogP contribution < -0.4 is 24.8 Å². The Morgan fingerprint density at radius 1 is 1.05 bits per heavy atom. The number of carbonyl (C=O) groups is 3. The van der Waals surface area contributed by atoms with Crippen molar-refractivity contribution in [2.45, 2.75) is 88.9 Å². The molecule has 2 aliphatic carbocycles. The number of nitrogens with zero attached hydrogens (tertiary/aromatic N) is 2. The summed E-state index contributed by atoms with van der Waals surface area (Å²) >= 11 is 0. The monoisotopic (exact) mass is 898 g/mol. The van der Waals surface area contributed by atoms with Crippen LogP contribution >= 0.6 is 0 Å². The van der Waals surface area contributed by atoms with Gasteiger partial charge in [-0.05, 0) is 111 Å². The molecule has 2 bridgehead atoms. The van der Waals surface area contributed by atoms with E-state index in [-0.39, 0.29) is 109 Å². The van der Waals surface area contributed by atoms with Gasteiger partial charge < -0.3 is 54.1 Å². The molecule has 5 heterocycles. The number of hydrogen-bond donors (Lipinski definition) is 5. The van der Waals surface area contributed by atoms with Gasteiger partial charge in [-0.2, -0.15) is 0 Å². The Balaban J connectivity index is 1.23. The highest BCUT2D eigenvalue weighted by molar-refractivity contribution is 6.11. The molecular formula is C50H62N2O13. The summed E-state index contributed by atoms with van der Waals surface area (Å²) in [6.45, 7) is 3.81. The van der Waals surface area contributed by atoms with Gasteiger partial charge in [-0.3, -0.25) is 14.6 Å². The number of hydrogen-bond acceptors (Lipinski definition) is 15. The number of likely N-dealkylation sites (tertiary alicyclic amines) is 1. The predicted molar refractivity (Wildman–Crippen MR) is 236 cm³/mol. The number of ketones is 1. The summed E-state index contributed by atoms with van der Waals surface area (Å²) in [6, 6.07) is 4.01. The van der Waals surface area contributed by atoms with Crippen LogP contribution in [0.5, 0.6) is 17.2 Å². The van der Waals surface area contributed by atoms with E-state index in [1.165, 1.54) is 0 Å². The number of Topliss-reactive ketones (excluding diaryl/α,β-unsaturated/α-hetero) is 1. The third-order valence-electron chi connectivity index (χ3n) is 15.3.